The van der Waals surface area contributed by atoms with E-state index in [0.29, 0.717) is 24.7 Å². The minimum absolute atomic E-state index is 0.139. The summed E-state index contributed by atoms with van der Waals surface area (Å²) >= 11 is 0. The van der Waals surface area contributed by atoms with Gasteiger partial charge in [0.1, 0.15) is 0 Å². The Morgan fingerprint density at radius 1 is 1.31 bits per heavy atom. The Bertz CT molecular complexity index is 215. The Hall–Kier alpha value is -1.06. The number of hydrogen-bond acceptors (Lipinski definition) is 3. The van der Waals surface area contributed by atoms with Gasteiger partial charge < -0.3 is 10.1 Å². The predicted molar refractivity (Wildman–Crippen MR) is 65.7 cm³/mol. The van der Waals surface area contributed by atoms with Crippen LogP contribution in [0, 0.1) is 11.3 Å². The monoisotopic (exact) mass is 228 g/mol. The van der Waals surface area contributed by atoms with E-state index in [2.05, 4.69) is 5.32 Å². The SMILES string of the molecule is COC(=N)CCCCCNC(=O)CC(C)C. The van der Waals surface area contributed by atoms with E-state index in [9.17, 15) is 4.79 Å². The maximum absolute atomic E-state index is 11.3. The van der Waals surface area contributed by atoms with Crippen molar-refractivity contribution in [3.8, 4) is 0 Å². The molecule has 0 radical (unpaired) electrons. The molecule has 0 heterocycles. The van der Waals surface area contributed by atoms with Crippen molar-refractivity contribution in [3.63, 3.8) is 0 Å². The minimum Gasteiger partial charge on any atom is -0.484 e. The molecule has 4 heteroatoms. The van der Waals surface area contributed by atoms with E-state index in [0.717, 1.165) is 25.8 Å². The Morgan fingerprint density at radius 2 is 2.00 bits per heavy atom. The quantitative estimate of drug-likeness (QED) is 0.380. The zero-order valence-electron chi connectivity index (χ0n) is 10.6. The second kappa shape index (κ2) is 9.19. The molecule has 0 atom stereocenters. The van der Waals surface area contributed by atoms with Crippen LogP contribution in [0.5, 0.6) is 0 Å². The van der Waals surface area contributed by atoms with Crippen molar-refractivity contribution in [2.24, 2.45) is 5.92 Å². The lowest BCUT2D eigenvalue weighted by molar-refractivity contribution is -0.121. The number of hydrogen-bond donors (Lipinski definition) is 2. The van der Waals surface area contributed by atoms with Gasteiger partial charge in [0.2, 0.25) is 5.91 Å². The Kier molecular flexibility index (Phi) is 8.58. The van der Waals surface area contributed by atoms with Crippen LogP contribution in [0.25, 0.3) is 0 Å². The number of carbonyl (C=O) groups is 1. The number of rotatable bonds is 8. The van der Waals surface area contributed by atoms with Crippen molar-refractivity contribution in [1.82, 2.24) is 5.32 Å². The fraction of sp³-hybridized carbons (Fsp3) is 0.833. The molecule has 0 fully saturated rings. The first-order valence-corrected chi connectivity index (χ1v) is 5.94. The van der Waals surface area contributed by atoms with E-state index in [1.165, 1.54) is 7.11 Å². The van der Waals surface area contributed by atoms with Crippen molar-refractivity contribution >= 4 is 11.8 Å². The number of nitrogens with one attached hydrogen (secondary N) is 2. The van der Waals surface area contributed by atoms with Gasteiger partial charge in [0.25, 0.3) is 0 Å². The molecule has 2 N–H and O–H groups in total. The maximum Gasteiger partial charge on any atom is 0.220 e. The van der Waals surface area contributed by atoms with Crippen molar-refractivity contribution < 1.29 is 9.53 Å². The zero-order valence-corrected chi connectivity index (χ0v) is 10.6. The smallest absolute Gasteiger partial charge is 0.220 e. The van der Waals surface area contributed by atoms with E-state index in [1.807, 2.05) is 13.8 Å². The molecule has 0 saturated heterocycles. The van der Waals surface area contributed by atoms with Crippen LogP contribution in [0.15, 0.2) is 0 Å². The molecule has 0 aliphatic heterocycles. The van der Waals surface area contributed by atoms with Gasteiger partial charge in [0.15, 0.2) is 5.90 Å². The number of methoxy groups -OCH3 is 1. The summed E-state index contributed by atoms with van der Waals surface area (Å²) in [5.74, 6) is 0.894. The Balaban J connectivity index is 3.27. The summed E-state index contributed by atoms with van der Waals surface area (Å²) < 4.78 is 4.75. The number of carbonyl (C=O) groups excluding carboxylic acids is 1. The van der Waals surface area contributed by atoms with E-state index in [-0.39, 0.29) is 5.91 Å². The zero-order chi connectivity index (χ0) is 12.4. The van der Waals surface area contributed by atoms with E-state index >= 15 is 0 Å². The van der Waals surface area contributed by atoms with Crippen LogP contribution in [0.4, 0.5) is 0 Å². The van der Waals surface area contributed by atoms with E-state index in [4.69, 9.17) is 10.1 Å². The fourth-order valence-corrected chi connectivity index (χ4v) is 1.36. The highest BCUT2D eigenvalue weighted by atomic mass is 16.5. The van der Waals surface area contributed by atoms with E-state index in [1.54, 1.807) is 0 Å². The van der Waals surface area contributed by atoms with Crippen molar-refractivity contribution in [3.05, 3.63) is 0 Å². The summed E-state index contributed by atoms with van der Waals surface area (Å²) in [7, 11) is 1.52. The van der Waals surface area contributed by atoms with Crippen molar-refractivity contribution in [1.29, 1.82) is 5.41 Å². The van der Waals surface area contributed by atoms with Crippen LogP contribution in [0.2, 0.25) is 0 Å². The second-order valence-corrected chi connectivity index (χ2v) is 4.39. The molecule has 0 rings (SSSR count). The third kappa shape index (κ3) is 9.49. The molecule has 94 valence electrons. The van der Waals surface area contributed by atoms with Crippen LogP contribution >= 0.6 is 0 Å². The average Bonchev–Trinajstić information content (AvgIpc) is 2.21. The highest BCUT2D eigenvalue weighted by Crippen LogP contribution is 2.01. The van der Waals surface area contributed by atoms with Crippen LogP contribution < -0.4 is 5.32 Å². The number of unbranched alkanes of at least 4 members (excludes halogenated alkanes) is 2. The molecule has 0 saturated carbocycles. The van der Waals surface area contributed by atoms with Gasteiger partial charge in [-0.25, -0.2) is 0 Å². The lowest BCUT2D eigenvalue weighted by Gasteiger charge is -2.07. The number of amides is 1. The predicted octanol–water partition coefficient (Wildman–Crippen LogP) is 2.33. The third-order valence-electron chi connectivity index (χ3n) is 2.24. The molecular weight excluding hydrogens is 204 g/mol. The normalized spacial score (nSPS) is 10.2. The molecular formula is C12H24N2O2. The summed E-state index contributed by atoms with van der Waals surface area (Å²) in [4.78, 5) is 11.3. The van der Waals surface area contributed by atoms with Crippen LogP contribution in [-0.2, 0) is 9.53 Å². The van der Waals surface area contributed by atoms with E-state index < -0.39 is 0 Å². The van der Waals surface area contributed by atoms with Crippen LogP contribution in [-0.4, -0.2) is 25.5 Å². The van der Waals surface area contributed by atoms with Gasteiger partial charge in [-0.15, -0.1) is 0 Å². The highest BCUT2D eigenvalue weighted by Gasteiger charge is 2.03. The standard InChI is InChI=1S/C12H24N2O2/c1-10(2)9-12(15)14-8-6-4-5-7-11(13)16-3/h10,13H,4-9H2,1-3H3,(H,14,15). The van der Waals surface area contributed by atoms with Gasteiger partial charge >= 0.3 is 0 Å². The summed E-state index contributed by atoms with van der Waals surface area (Å²) in [6, 6.07) is 0. The molecule has 0 aliphatic rings. The molecule has 0 bridgehead atoms. The van der Waals surface area contributed by atoms with Gasteiger partial charge in [-0.3, -0.25) is 10.2 Å². The molecule has 0 aliphatic carbocycles. The molecule has 1 amide bonds. The topological polar surface area (TPSA) is 62.2 Å². The highest BCUT2D eigenvalue weighted by molar-refractivity contribution is 5.76. The third-order valence-corrected chi connectivity index (χ3v) is 2.24. The first-order valence-electron chi connectivity index (χ1n) is 5.94. The first kappa shape index (κ1) is 14.9. The number of ether oxygens (including phenoxy) is 1. The van der Waals surface area contributed by atoms with Gasteiger partial charge in [-0.05, 0) is 18.8 Å². The molecule has 0 unspecified atom stereocenters. The maximum atomic E-state index is 11.3. The van der Waals surface area contributed by atoms with Gasteiger partial charge in [0.05, 0.1) is 7.11 Å². The molecule has 4 nitrogen and oxygen atoms in total. The van der Waals surface area contributed by atoms with Gasteiger partial charge in [0, 0.05) is 19.4 Å². The molecule has 16 heavy (non-hydrogen) atoms. The summed E-state index contributed by atoms with van der Waals surface area (Å²) in [6.45, 7) is 4.82. The van der Waals surface area contributed by atoms with Crippen molar-refractivity contribution in [2.75, 3.05) is 13.7 Å². The average molecular weight is 228 g/mol. The second-order valence-electron chi connectivity index (χ2n) is 4.39. The summed E-state index contributed by atoms with van der Waals surface area (Å²) in [6.07, 6.45) is 4.24. The molecule has 0 aromatic carbocycles. The summed E-state index contributed by atoms with van der Waals surface area (Å²) in [5.41, 5.74) is 0. The van der Waals surface area contributed by atoms with Gasteiger partial charge in [-0.2, -0.15) is 0 Å². The summed E-state index contributed by atoms with van der Waals surface area (Å²) in [5, 5.41) is 10.2. The molecule has 0 spiro atoms. The Morgan fingerprint density at radius 3 is 2.56 bits per heavy atom. The van der Waals surface area contributed by atoms with Crippen LogP contribution in [0.3, 0.4) is 0 Å². The minimum atomic E-state index is 0.139. The Labute approximate surface area is 98.3 Å². The molecule has 0 aromatic heterocycles. The first-order chi connectivity index (χ1) is 7.56. The van der Waals surface area contributed by atoms with Gasteiger partial charge in [-0.1, -0.05) is 20.3 Å². The lowest BCUT2D eigenvalue weighted by Crippen LogP contribution is -2.25. The molecule has 0 aromatic rings. The lowest BCUT2D eigenvalue weighted by atomic mass is 10.1. The van der Waals surface area contributed by atoms with Crippen LogP contribution in [0.1, 0.15) is 46.0 Å². The largest absolute Gasteiger partial charge is 0.484 e. The fourth-order valence-electron chi connectivity index (χ4n) is 1.36. The van der Waals surface area contributed by atoms with Crippen molar-refractivity contribution in [2.45, 2.75) is 46.0 Å².